The van der Waals surface area contributed by atoms with Crippen LogP contribution in [0.15, 0.2) is 12.4 Å². The van der Waals surface area contributed by atoms with Gasteiger partial charge in [-0.15, -0.1) is 0 Å². The lowest BCUT2D eigenvalue weighted by atomic mass is 9.92. The lowest BCUT2D eigenvalue weighted by Gasteiger charge is -2.16. The number of aryl methyl sites for hydroxylation is 2. The Labute approximate surface area is 98.0 Å². The predicted molar refractivity (Wildman–Crippen MR) is 66.1 cm³/mol. The van der Waals surface area contributed by atoms with Gasteiger partial charge in [-0.05, 0) is 37.2 Å². The second-order valence-electron chi connectivity index (χ2n) is 5.21. The van der Waals surface area contributed by atoms with E-state index in [1.165, 1.54) is 44.1 Å². The van der Waals surface area contributed by atoms with Gasteiger partial charge in [0.25, 0.3) is 0 Å². The van der Waals surface area contributed by atoms with Crippen LogP contribution in [0.25, 0.3) is 0 Å². The lowest BCUT2D eigenvalue weighted by Crippen LogP contribution is -2.21. The fourth-order valence-electron chi connectivity index (χ4n) is 2.74. The topological polar surface area (TPSA) is 43.8 Å². The Hall–Kier alpha value is -0.830. The highest BCUT2D eigenvalue weighted by atomic mass is 15.2. The highest BCUT2D eigenvalue weighted by molar-refractivity contribution is 5.03. The smallest absolute Gasteiger partial charge is 0.0521 e. The summed E-state index contributed by atoms with van der Waals surface area (Å²) in [5, 5.41) is 4.21. The number of hydrogen-bond acceptors (Lipinski definition) is 2. The molecule has 16 heavy (non-hydrogen) atoms. The van der Waals surface area contributed by atoms with Gasteiger partial charge in [0.1, 0.15) is 0 Å². The van der Waals surface area contributed by atoms with E-state index < -0.39 is 0 Å². The van der Waals surface area contributed by atoms with Crippen molar-refractivity contribution in [1.82, 2.24) is 9.78 Å². The maximum Gasteiger partial charge on any atom is 0.0521 e. The molecule has 0 saturated heterocycles. The molecule has 1 heterocycles. The predicted octanol–water partition coefficient (Wildman–Crippen LogP) is 2.26. The first-order valence-electron chi connectivity index (χ1n) is 6.47. The summed E-state index contributed by atoms with van der Waals surface area (Å²) in [7, 11) is 1.98. The van der Waals surface area contributed by atoms with E-state index in [1.807, 2.05) is 17.9 Å². The number of nitrogens with zero attached hydrogens (tertiary/aromatic N) is 2. The average Bonchev–Trinajstić information content (AvgIpc) is 2.55. The van der Waals surface area contributed by atoms with Gasteiger partial charge in [0.05, 0.1) is 6.20 Å². The molecule has 2 unspecified atom stereocenters. The van der Waals surface area contributed by atoms with Gasteiger partial charge in [0.2, 0.25) is 0 Å². The molecule has 2 atom stereocenters. The Bertz CT molecular complexity index is 319. The molecule has 0 radical (unpaired) electrons. The van der Waals surface area contributed by atoms with E-state index in [-0.39, 0.29) is 0 Å². The second-order valence-corrected chi connectivity index (χ2v) is 5.21. The Morgan fingerprint density at radius 2 is 2.25 bits per heavy atom. The van der Waals surface area contributed by atoms with Crippen molar-refractivity contribution < 1.29 is 0 Å². The van der Waals surface area contributed by atoms with Crippen molar-refractivity contribution in [3.05, 3.63) is 18.0 Å². The van der Waals surface area contributed by atoms with Gasteiger partial charge in [0.15, 0.2) is 0 Å². The quantitative estimate of drug-likeness (QED) is 0.796. The van der Waals surface area contributed by atoms with Crippen LogP contribution in [-0.4, -0.2) is 15.8 Å². The zero-order valence-corrected chi connectivity index (χ0v) is 10.2. The fraction of sp³-hybridized carbons (Fsp3) is 0.769. The molecule has 1 fully saturated rings. The van der Waals surface area contributed by atoms with Gasteiger partial charge in [0, 0.05) is 19.3 Å². The van der Waals surface area contributed by atoms with E-state index >= 15 is 0 Å². The molecule has 0 spiro atoms. The maximum atomic E-state index is 6.08. The lowest BCUT2D eigenvalue weighted by molar-refractivity contribution is 0.406. The molecule has 1 aliphatic rings. The van der Waals surface area contributed by atoms with Crippen LogP contribution < -0.4 is 5.73 Å². The minimum Gasteiger partial charge on any atom is -0.328 e. The molecule has 90 valence electrons. The van der Waals surface area contributed by atoms with Crippen LogP contribution >= 0.6 is 0 Å². The van der Waals surface area contributed by atoms with E-state index in [9.17, 15) is 0 Å². The van der Waals surface area contributed by atoms with E-state index in [1.54, 1.807) is 0 Å². The van der Waals surface area contributed by atoms with Gasteiger partial charge in [-0.3, -0.25) is 4.68 Å². The molecular formula is C13H23N3. The Morgan fingerprint density at radius 3 is 3.00 bits per heavy atom. The summed E-state index contributed by atoms with van der Waals surface area (Å²) >= 11 is 0. The summed E-state index contributed by atoms with van der Waals surface area (Å²) in [5.41, 5.74) is 7.44. The van der Waals surface area contributed by atoms with Crippen LogP contribution in [0.5, 0.6) is 0 Å². The standard InChI is InChI=1S/C13H23N3/c1-16-10-12(9-15-16)7-6-11-4-2-3-5-13(14)8-11/h9-11,13H,2-8,14H2,1H3. The van der Waals surface area contributed by atoms with Gasteiger partial charge < -0.3 is 5.73 Å². The van der Waals surface area contributed by atoms with Crippen molar-refractivity contribution in [1.29, 1.82) is 0 Å². The highest BCUT2D eigenvalue weighted by Crippen LogP contribution is 2.26. The van der Waals surface area contributed by atoms with E-state index in [0.29, 0.717) is 6.04 Å². The minimum atomic E-state index is 0.446. The van der Waals surface area contributed by atoms with Crippen LogP contribution in [0.4, 0.5) is 0 Å². The monoisotopic (exact) mass is 221 g/mol. The average molecular weight is 221 g/mol. The van der Waals surface area contributed by atoms with Crippen molar-refractivity contribution in [2.45, 2.75) is 51.0 Å². The van der Waals surface area contributed by atoms with Crippen molar-refractivity contribution in [3.63, 3.8) is 0 Å². The summed E-state index contributed by atoms with van der Waals surface area (Å²) < 4.78 is 1.88. The Balaban J connectivity index is 1.80. The molecular weight excluding hydrogens is 198 g/mol. The second kappa shape index (κ2) is 5.48. The van der Waals surface area contributed by atoms with Gasteiger partial charge in [-0.25, -0.2) is 0 Å². The molecule has 2 N–H and O–H groups in total. The zero-order valence-electron chi connectivity index (χ0n) is 10.2. The number of rotatable bonds is 3. The highest BCUT2D eigenvalue weighted by Gasteiger charge is 2.17. The minimum absolute atomic E-state index is 0.446. The first-order chi connectivity index (χ1) is 7.74. The largest absolute Gasteiger partial charge is 0.328 e. The first kappa shape index (κ1) is 11.6. The summed E-state index contributed by atoms with van der Waals surface area (Å²) in [4.78, 5) is 0. The third-order valence-corrected chi connectivity index (χ3v) is 3.67. The third-order valence-electron chi connectivity index (χ3n) is 3.67. The molecule has 3 nitrogen and oxygen atoms in total. The van der Waals surface area contributed by atoms with Crippen LogP contribution in [0, 0.1) is 5.92 Å². The number of aromatic nitrogens is 2. The van der Waals surface area contributed by atoms with Gasteiger partial charge >= 0.3 is 0 Å². The van der Waals surface area contributed by atoms with Crippen molar-refractivity contribution in [3.8, 4) is 0 Å². The molecule has 3 heteroatoms. The number of hydrogen-bond donors (Lipinski definition) is 1. The molecule has 0 bridgehead atoms. The van der Waals surface area contributed by atoms with Gasteiger partial charge in [-0.1, -0.05) is 19.3 Å². The normalized spacial score (nSPS) is 26.6. The molecule has 1 saturated carbocycles. The van der Waals surface area contributed by atoms with Crippen molar-refractivity contribution in [2.24, 2.45) is 18.7 Å². The SMILES string of the molecule is Cn1cc(CCC2CCCCC(N)C2)cn1. The van der Waals surface area contributed by atoms with E-state index in [4.69, 9.17) is 5.73 Å². The van der Waals surface area contributed by atoms with Gasteiger partial charge in [-0.2, -0.15) is 5.10 Å². The molecule has 0 aliphatic heterocycles. The molecule has 2 rings (SSSR count). The summed E-state index contributed by atoms with van der Waals surface area (Å²) in [6.45, 7) is 0. The van der Waals surface area contributed by atoms with E-state index in [2.05, 4.69) is 11.3 Å². The van der Waals surface area contributed by atoms with E-state index in [0.717, 1.165) is 12.3 Å². The van der Waals surface area contributed by atoms with Crippen LogP contribution in [0.2, 0.25) is 0 Å². The summed E-state index contributed by atoms with van der Waals surface area (Å²) in [6, 6.07) is 0.446. The maximum absolute atomic E-state index is 6.08. The fourth-order valence-corrected chi connectivity index (χ4v) is 2.74. The number of nitrogens with two attached hydrogens (primary N) is 1. The molecule has 1 aliphatic carbocycles. The van der Waals surface area contributed by atoms with Crippen molar-refractivity contribution in [2.75, 3.05) is 0 Å². The van der Waals surface area contributed by atoms with Crippen LogP contribution in [-0.2, 0) is 13.5 Å². The molecule has 1 aromatic heterocycles. The Morgan fingerprint density at radius 1 is 1.44 bits per heavy atom. The van der Waals surface area contributed by atoms with Crippen LogP contribution in [0.1, 0.15) is 44.1 Å². The molecule has 1 aromatic rings. The Kier molecular flexibility index (Phi) is 3.99. The van der Waals surface area contributed by atoms with Crippen molar-refractivity contribution >= 4 is 0 Å². The summed E-state index contributed by atoms with van der Waals surface area (Å²) in [6.07, 6.45) is 13.0. The third kappa shape index (κ3) is 3.34. The molecule has 0 amide bonds. The van der Waals surface area contributed by atoms with Crippen LogP contribution in [0.3, 0.4) is 0 Å². The molecule has 0 aromatic carbocycles. The first-order valence-corrected chi connectivity index (χ1v) is 6.47. The zero-order chi connectivity index (χ0) is 11.4. The summed E-state index contributed by atoms with van der Waals surface area (Å²) in [5.74, 6) is 0.831.